The summed E-state index contributed by atoms with van der Waals surface area (Å²) >= 11 is 1.20. The number of aromatic nitrogens is 1. The monoisotopic (exact) mass is 457 g/mol. The van der Waals surface area contributed by atoms with Gasteiger partial charge in [-0.05, 0) is 37.1 Å². The summed E-state index contributed by atoms with van der Waals surface area (Å²) in [5.41, 5.74) is 0.250. The number of nitrogens with one attached hydrogen (secondary N) is 1. The molecule has 1 aromatic heterocycles. The number of carbonyl (C=O) groups is 1. The van der Waals surface area contributed by atoms with Crippen molar-refractivity contribution in [2.45, 2.75) is 46.1 Å². The number of anilines is 1. The minimum absolute atomic E-state index is 0. The van der Waals surface area contributed by atoms with Crippen LogP contribution in [0.15, 0.2) is 40.1 Å². The topological polar surface area (TPSA) is 63.5 Å². The van der Waals surface area contributed by atoms with Crippen LogP contribution >= 0.6 is 28.3 Å². The third kappa shape index (κ3) is 7.03. The van der Waals surface area contributed by atoms with E-state index in [1.807, 2.05) is 0 Å². The summed E-state index contributed by atoms with van der Waals surface area (Å²) in [5.74, 6) is -0.769. The molecule has 0 fully saturated rings. The van der Waals surface area contributed by atoms with Gasteiger partial charge in [-0.15, -0.1) is 17.0 Å². The Morgan fingerprint density at radius 3 is 2.48 bits per heavy atom. The number of hydrogen-bond donors (Lipinski definition) is 1. The molecular weight excluding hydrogens is 433 g/mol. The highest BCUT2D eigenvalue weighted by Crippen LogP contribution is 2.11. The van der Waals surface area contributed by atoms with E-state index in [0.717, 1.165) is 25.7 Å². The summed E-state index contributed by atoms with van der Waals surface area (Å²) < 4.78 is 14.6. The standard InChI is InChI=1S/C19H24FN3O2S.BrH/c1-3-5-11-21-19-23(12-6-4-2)17(24)13-16(26-19)18(25)22-15-9-7-14(20)8-10-15;/h7-10,13H,3-6,11-12H2,1-2H3,(H,22,25);1H. The number of halogens is 2. The maximum absolute atomic E-state index is 13.0. The molecule has 0 aliphatic carbocycles. The molecule has 1 N–H and O–H groups in total. The lowest BCUT2D eigenvalue weighted by molar-refractivity contribution is 0.103. The zero-order chi connectivity index (χ0) is 18.9. The third-order valence-electron chi connectivity index (χ3n) is 3.77. The van der Waals surface area contributed by atoms with Crippen LogP contribution in [0.5, 0.6) is 0 Å². The van der Waals surface area contributed by atoms with Crippen LogP contribution in [0.25, 0.3) is 0 Å². The molecule has 8 heteroatoms. The maximum atomic E-state index is 13.0. The molecule has 1 heterocycles. The van der Waals surface area contributed by atoms with Crippen LogP contribution in [0.3, 0.4) is 0 Å². The predicted octanol–water partition coefficient (Wildman–Crippen LogP) is 4.38. The van der Waals surface area contributed by atoms with E-state index in [1.54, 1.807) is 4.57 Å². The SMILES string of the molecule is Br.CCCCN=c1sc(C(=O)Nc2ccc(F)cc2)cc(=O)n1CCCC. The van der Waals surface area contributed by atoms with Gasteiger partial charge in [0.2, 0.25) is 0 Å². The molecule has 2 rings (SSSR count). The zero-order valence-electron chi connectivity index (χ0n) is 15.5. The average Bonchev–Trinajstić information content (AvgIpc) is 2.63. The van der Waals surface area contributed by atoms with Crippen LogP contribution < -0.4 is 15.7 Å². The minimum atomic E-state index is -0.395. The fraction of sp³-hybridized carbons (Fsp3) is 0.421. The lowest BCUT2D eigenvalue weighted by atomic mass is 10.3. The highest BCUT2D eigenvalue weighted by Gasteiger charge is 2.11. The molecule has 0 atom stereocenters. The second-order valence-electron chi connectivity index (χ2n) is 5.93. The van der Waals surface area contributed by atoms with E-state index >= 15 is 0 Å². The second kappa shape index (κ2) is 11.8. The largest absolute Gasteiger partial charge is 0.321 e. The molecule has 0 aliphatic heterocycles. The van der Waals surface area contributed by atoms with E-state index in [4.69, 9.17) is 0 Å². The second-order valence-corrected chi connectivity index (χ2v) is 6.94. The summed E-state index contributed by atoms with van der Waals surface area (Å²) in [4.78, 5) is 30.3. The van der Waals surface area contributed by atoms with Gasteiger partial charge < -0.3 is 5.32 Å². The zero-order valence-corrected chi connectivity index (χ0v) is 18.1. The first kappa shape index (κ1) is 23.2. The van der Waals surface area contributed by atoms with Crippen LogP contribution in [-0.4, -0.2) is 17.0 Å². The van der Waals surface area contributed by atoms with Crippen LogP contribution in [-0.2, 0) is 6.54 Å². The Morgan fingerprint density at radius 2 is 1.85 bits per heavy atom. The lowest BCUT2D eigenvalue weighted by Gasteiger charge is -2.08. The average molecular weight is 458 g/mol. The Bertz CT molecular complexity index is 862. The molecule has 0 unspecified atom stereocenters. The number of hydrogen-bond acceptors (Lipinski definition) is 4. The van der Waals surface area contributed by atoms with Gasteiger partial charge in [0.1, 0.15) is 10.7 Å². The van der Waals surface area contributed by atoms with Gasteiger partial charge in [0.05, 0.1) is 0 Å². The van der Waals surface area contributed by atoms with E-state index in [9.17, 15) is 14.0 Å². The maximum Gasteiger partial charge on any atom is 0.266 e. The minimum Gasteiger partial charge on any atom is -0.321 e. The van der Waals surface area contributed by atoms with Crippen molar-refractivity contribution < 1.29 is 9.18 Å². The van der Waals surface area contributed by atoms with E-state index in [0.29, 0.717) is 28.5 Å². The molecule has 1 aromatic carbocycles. The molecule has 0 radical (unpaired) electrons. The van der Waals surface area contributed by atoms with Crippen molar-refractivity contribution >= 4 is 39.9 Å². The summed E-state index contributed by atoms with van der Waals surface area (Å²) in [7, 11) is 0. The van der Waals surface area contributed by atoms with Crippen LogP contribution in [0, 0.1) is 5.82 Å². The quantitative estimate of drug-likeness (QED) is 0.597. The van der Waals surface area contributed by atoms with Crippen molar-refractivity contribution in [3.63, 3.8) is 0 Å². The van der Waals surface area contributed by atoms with E-state index in [-0.39, 0.29) is 28.4 Å². The Hall–Kier alpha value is -1.80. The molecule has 0 bridgehead atoms. The molecule has 148 valence electrons. The molecule has 0 saturated heterocycles. The molecule has 0 aliphatic rings. The van der Waals surface area contributed by atoms with Crippen LogP contribution in [0.4, 0.5) is 10.1 Å². The molecule has 5 nitrogen and oxygen atoms in total. The summed E-state index contributed by atoms with van der Waals surface area (Å²) in [5, 5.41) is 2.68. The van der Waals surface area contributed by atoms with Gasteiger partial charge >= 0.3 is 0 Å². The number of carbonyl (C=O) groups excluding carboxylic acids is 1. The van der Waals surface area contributed by atoms with Gasteiger partial charge in [-0.1, -0.05) is 38.0 Å². The lowest BCUT2D eigenvalue weighted by Crippen LogP contribution is -2.33. The van der Waals surface area contributed by atoms with Crippen molar-refractivity contribution in [1.29, 1.82) is 0 Å². The van der Waals surface area contributed by atoms with Crippen molar-refractivity contribution in [1.82, 2.24) is 4.57 Å². The Balaban J connectivity index is 0.00000364. The Morgan fingerprint density at radius 1 is 1.19 bits per heavy atom. The summed E-state index contributed by atoms with van der Waals surface area (Å²) in [6.45, 7) is 5.36. The van der Waals surface area contributed by atoms with Gasteiger partial charge in [-0.2, -0.15) is 0 Å². The van der Waals surface area contributed by atoms with Gasteiger partial charge in [0.15, 0.2) is 4.80 Å². The van der Waals surface area contributed by atoms with Crippen molar-refractivity contribution in [2.24, 2.45) is 4.99 Å². The van der Waals surface area contributed by atoms with Crippen LogP contribution in [0.2, 0.25) is 0 Å². The first-order chi connectivity index (χ1) is 12.5. The van der Waals surface area contributed by atoms with Gasteiger partial charge in [-0.3, -0.25) is 19.1 Å². The predicted molar refractivity (Wildman–Crippen MR) is 114 cm³/mol. The number of nitrogens with zero attached hydrogens (tertiary/aromatic N) is 2. The first-order valence-corrected chi connectivity index (χ1v) is 9.69. The molecule has 0 spiro atoms. The highest BCUT2D eigenvalue weighted by molar-refractivity contribution is 8.93. The number of rotatable bonds is 8. The van der Waals surface area contributed by atoms with Crippen molar-refractivity contribution in [2.75, 3.05) is 11.9 Å². The smallest absolute Gasteiger partial charge is 0.266 e. The fourth-order valence-corrected chi connectivity index (χ4v) is 3.23. The molecule has 27 heavy (non-hydrogen) atoms. The molecule has 1 amide bonds. The van der Waals surface area contributed by atoms with Crippen molar-refractivity contribution in [3.05, 3.63) is 56.2 Å². The summed E-state index contributed by atoms with van der Waals surface area (Å²) in [6, 6.07) is 6.85. The highest BCUT2D eigenvalue weighted by atomic mass is 79.9. The van der Waals surface area contributed by atoms with E-state index in [1.165, 1.54) is 41.7 Å². The van der Waals surface area contributed by atoms with Crippen molar-refractivity contribution in [3.8, 4) is 0 Å². The number of unbranched alkanes of at least 4 members (excludes halogenated alkanes) is 2. The molecule has 0 saturated carbocycles. The van der Waals surface area contributed by atoms with Gasteiger partial charge in [0.25, 0.3) is 11.5 Å². The van der Waals surface area contributed by atoms with E-state index in [2.05, 4.69) is 24.2 Å². The van der Waals surface area contributed by atoms with Gasteiger partial charge in [0, 0.05) is 24.8 Å². The summed E-state index contributed by atoms with van der Waals surface area (Å²) in [6.07, 6.45) is 3.79. The number of amides is 1. The third-order valence-corrected chi connectivity index (χ3v) is 4.83. The molecule has 2 aromatic rings. The Labute approximate surface area is 172 Å². The number of benzene rings is 1. The van der Waals surface area contributed by atoms with E-state index < -0.39 is 5.91 Å². The Kier molecular flexibility index (Phi) is 10.2. The molecular formula is C19H25BrFN3O2S. The first-order valence-electron chi connectivity index (χ1n) is 8.87. The van der Waals surface area contributed by atoms with Gasteiger partial charge in [-0.25, -0.2) is 4.39 Å². The fourth-order valence-electron chi connectivity index (χ4n) is 2.28. The van der Waals surface area contributed by atoms with Crippen LogP contribution in [0.1, 0.15) is 49.2 Å². The normalized spacial score (nSPS) is 11.1.